The van der Waals surface area contributed by atoms with Crippen LogP contribution in [-0.2, 0) is 29.6 Å². The SMILES string of the molecule is Cc1c(OC2CCC(CC[C](C)(C)[In]3[CH2]CN(c4nccc5c(C6CCC(=O)NC6=O)nn(C)c45)C[CH2]3)CC2)cccc1-c1ccc(N2CCc3cccc(C(=O)Nc4nc5ccccc5s4)c3C2)nc1C(=O)O. The fourth-order valence-electron chi connectivity index (χ4n) is 12.2. The van der Waals surface area contributed by atoms with Gasteiger partial charge in [-0.05, 0) is 47.9 Å². The number of hydrogen-bond donors (Lipinski definition) is 3. The second kappa shape index (κ2) is 20.8. The topological polar surface area (TPSA) is 185 Å². The number of para-hydroxylation sites is 1. The Morgan fingerprint density at radius 1 is 0.892 bits per heavy atom. The molecule has 3 aliphatic heterocycles. The molecule has 0 spiro atoms. The summed E-state index contributed by atoms with van der Waals surface area (Å²) in [7, 11) is 1.93. The van der Waals surface area contributed by atoms with Crippen molar-refractivity contribution in [2.24, 2.45) is 13.0 Å². The minimum atomic E-state index is -1.95. The molecule has 1 unspecified atom stereocenters. The summed E-state index contributed by atoms with van der Waals surface area (Å²) in [6.45, 7) is 10.1. The van der Waals surface area contributed by atoms with Gasteiger partial charge in [-0.3, -0.25) is 10.1 Å². The third-order valence-corrected chi connectivity index (χ3v) is 30.1. The molecular weight excluding hydrogens is 1050 g/mol. The number of carboxylic acid groups (broad SMARTS) is 1. The van der Waals surface area contributed by atoms with Gasteiger partial charge in [-0.2, -0.15) is 0 Å². The van der Waals surface area contributed by atoms with Crippen LogP contribution in [0, 0.1) is 12.8 Å². The standard InChI is InChI=1S/C41H43N4O4S.C16H19N5O2.In/c1-25(2)14-15-27-16-18-29(19-17-27)49-35-12-7-9-30(26(35)3)31-20-21-37(43-38(31)40(47)48)45-23-22-28-8-6-10-32(33(28)24-45)39(46)44-41-42-34-11-4-5-13-36(34)50-41;1-4-21(5-2)15-14-10(8-9-17-15)13(19-20(14)3)11-6-7-12(22)18-16(11)23;/h4-13,20-21,27,29H,14-19,22-24H2,1-3H3,(H,47,48)(H,42,44,46);8-9,11H,1-2,4-7H2,3H3,(H,18,22,23);. The summed E-state index contributed by atoms with van der Waals surface area (Å²) < 4.78 is 12.6. The zero-order valence-electron chi connectivity index (χ0n) is 42.5. The number of amides is 3. The van der Waals surface area contributed by atoms with Crippen molar-refractivity contribution < 1.29 is 29.0 Å². The molecule has 3 aromatic carbocycles. The Morgan fingerprint density at radius 3 is 2.47 bits per heavy atom. The summed E-state index contributed by atoms with van der Waals surface area (Å²) >= 11 is -0.507. The minimum absolute atomic E-state index is 0.0181. The number of aryl methyl sites for hydroxylation is 1. The van der Waals surface area contributed by atoms with E-state index in [1.165, 1.54) is 32.5 Å². The smallest absolute Gasteiger partial charge is 0.476 e. The van der Waals surface area contributed by atoms with Crippen molar-refractivity contribution in [2.45, 2.75) is 109 Å². The van der Waals surface area contributed by atoms with Gasteiger partial charge in [0, 0.05) is 18.7 Å². The number of anilines is 3. The van der Waals surface area contributed by atoms with Gasteiger partial charge in [-0.15, -0.1) is 0 Å². The molecule has 3 N–H and O–H groups in total. The molecule has 1 aliphatic carbocycles. The predicted octanol–water partition coefficient (Wildman–Crippen LogP) is 10.5. The number of carbonyl (C=O) groups excluding carboxylic acids is 3. The van der Waals surface area contributed by atoms with E-state index in [1.54, 1.807) is 0 Å². The number of benzene rings is 3. The molecule has 3 amide bonds. The molecule has 2 saturated heterocycles. The molecule has 0 radical (unpaired) electrons. The van der Waals surface area contributed by atoms with Crippen LogP contribution in [0.15, 0.2) is 85.1 Å². The van der Waals surface area contributed by atoms with Crippen LogP contribution in [0.4, 0.5) is 16.8 Å². The maximum atomic E-state index is 13.7. The first-order valence-electron chi connectivity index (χ1n) is 26.2. The van der Waals surface area contributed by atoms with E-state index in [-0.39, 0.29) is 29.5 Å². The van der Waals surface area contributed by atoms with Gasteiger partial charge in [-0.25, -0.2) is 14.8 Å². The van der Waals surface area contributed by atoms with Crippen molar-refractivity contribution in [3.63, 3.8) is 0 Å². The van der Waals surface area contributed by atoms with Crippen molar-refractivity contribution in [3.05, 3.63) is 119 Å². The van der Waals surface area contributed by atoms with Crippen molar-refractivity contribution in [1.29, 1.82) is 0 Å². The maximum absolute atomic E-state index is 13.7. The molecule has 11 rings (SSSR count). The van der Waals surface area contributed by atoms with Crippen LogP contribution < -0.4 is 25.2 Å². The number of rotatable bonds is 13. The molecule has 4 aliphatic rings. The van der Waals surface area contributed by atoms with Crippen LogP contribution in [0.1, 0.15) is 114 Å². The van der Waals surface area contributed by atoms with E-state index < -0.39 is 33.3 Å². The number of thiazole rings is 1. The second-order valence-corrected chi connectivity index (χ2v) is 34.2. The Balaban J connectivity index is 0.689. The molecule has 380 valence electrons. The zero-order chi connectivity index (χ0) is 51.3. The molecule has 15 nitrogen and oxygen atoms in total. The third-order valence-electron chi connectivity index (χ3n) is 16.5. The monoisotopic (exact) mass is 1120 g/mol. The van der Waals surface area contributed by atoms with Crippen molar-refractivity contribution in [3.8, 4) is 16.9 Å². The van der Waals surface area contributed by atoms with Crippen molar-refractivity contribution in [2.75, 3.05) is 34.8 Å². The Bertz CT molecular complexity index is 3290. The van der Waals surface area contributed by atoms with Crippen LogP contribution in [0.25, 0.3) is 32.2 Å². The van der Waals surface area contributed by atoms with Gasteiger partial charge in [0.1, 0.15) is 5.82 Å². The summed E-state index contributed by atoms with van der Waals surface area (Å²) in [5, 5.41) is 22.4. The van der Waals surface area contributed by atoms with Crippen LogP contribution in [0.3, 0.4) is 0 Å². The van der Waals surface area contributed by atoms with Gasteiger partial charge >= 0.3 is 276 Å². The van der Waals surface area contributed by atoms with E-state index in [4.69, 9.17) is 19.8 Å². The van der Waals surface area contributed by atoms with E-state index in [2.05, 4.69) is 45.3 Å². The predicted molar refractivity (Wildman–Crippen MR) is 291 cm³/mol. The van der Waals surface area contributed by atoms with Crippen LogP contribution in [0.5, 0.6) is 5.75 Å². The average Bonchev–Trinajstić information content (AvgIpc) is 3.98. The number of ether oxygens (including phenoxy) is 1. The van der Waals surface area contributed by atoms with Crippen LogP contribution in [-0.4, -0.2) is 101 Å². The van der Waals surface area contributed by atoms with E-state index >= 15 is 0 Å². The van der Waals surface area contributed by atoms with E-state index in [1.807, 2.05) is 97.6 Å². The molecule has 7 aromatic rings. The van der Waals surface area contributed by atoms with Gasteiger partial charge in [0.05, 0.1) is 10.2 Å². The quantitative estimate of drug-likeness (QED) is 0.0930. The summed E-state index contributed by atoms with van der Waals surface area (Å²) in [5.74, 6) is 0.700. The third kappa shape index (κ3) is 10.0. The number of aromatic nitrogens is 5. The van der Waals surface area contributed by atoms with E-state index in [0.29, 0.717) is 63.5 Å². The number of carboxylic acids is 1. The fourth-order valence-corrected chi connectivity index (χ4v) is 23.5. The first kappa shape index (κ1) is 49.9. The molecule has 4 aromatic heterocycles. The van der Waals surface area contributed by atoms with Gasteiger partial charge in [0.25, 0.3) is 5.91 Å². The Hall–Kier alpha value is -6.33. The van der Waals surface area contributed by atoms with Gasteiger partial charge < -0.3 is 10.0 Å². The summed E-state index contributed by atoms with van der Waals surface area (Å²) in [4.78, 5) is 70.0. The Morgan fingerprint density at radius 2 is 1.69 bits per heavy atom. The van der Waals surface area contributed by atoms with Gasteiger partial charge in [0.15, 0.2) is 10.8 Å². The first-order chi connectivity index (χ1) is 35.8. The molecule has 7 heterocycles. The molecule has 74 heavy (non-hydrogen) atoms. The summed E-state index contributed by atoms with van der Waals surface area (Å²) in [6, 6.07) is 25.2. The minimum Gasteiger partial charge on any atom is -0.476 e. The van der Waals surface area contributed by atoms with Crippen molar-refractivity contribution in [1.82, 2.24) is 30.0 Å². The number of hydrogen-bond acceptors (Lipinski definition) is 12. The van der Waals surface area contributed by atoms with E-state index in [9.17, 15) is 24.3 Å². The average molecular weight is 1120 g/mol. The second-order valence-electron chi connectivity index (χ2n) is 21.4. The number of nitrogens with zero attached hydrogens (tertiary/aromatic N) is 7. The zero-order valence-corrected chi connectivity index (χ0v) is 46.6. The molecule has 3 fully saturated rings. The Labute approximate surface area is 442 Å². The number of piperidine rings is 1. The fraction of sp³-hybridized carbons (Fsp3) is 0.404. The normalized spacial score (nSPS) is 19.4. The first-order valence-corrected chi connectivity index (χ1v) is 33.3. The number of pyridine rings is 2. The number of nitrogens with one attached hydrogen (secondary N) is 2. The molecule has 0 bridgehead atoms. The molecule has 1 saturated carbocycles. The number of carbonyl (C=O) groups is 4. The van der Waals surface area contributed by atoms with Crippen LogP contribution in [0.2, 0.25) is 11.5 Å². The molecule has 1 atom stereocenters. The van der Waals surface area contributed by atoms with Crippen LogP contribution >= 0.6 is 11.3 Å². The number of aromatic carboxylic acids is 1. The number of imide groups is 1. The van der Waals surface area contributed by atoms with Crippen molar-refractivity contribution >= 4 is 94.4 Å². The summed E-state index contributed by atoms with van der Waals surface area (Å²) in [6.07, 6.45) is 10.2. The summed E-state index contributed by atoms with van der Waals surface area (Å²) in [5.41, 5.74) is 7.29. The van der Waals surface area contributed by atoms with Gasteiger partial charge in [-0.1, -0.05) is 35.6 Å². The number of fused-ring (bicyclic) bond motifs is 3. The molecular formula is C57H62InN9O6S. The van der Waals surface area contributed by atoms with Gasteiger partial charge in [0.2, 0.25) is 0 Å². The van der Waals surface area contributed by atoms with E-state index in [0.717, 1.165) is 99.4 Å². The molecule has 17 heteroatoms. The Kier molecular flexibility index (Phi) is 14.0.